The molecule has 2 N–H and O–H groups in total. The summed E-state index contributed by atoms with van der Waals surface area (Å²) in [7, 11) is -3.55. The second-order valence-corrected chi connectivity index (χ2v) is 7.12. The molecule has 0 aromatic heterocycles. The van der Waals surface area contributed by atoms with Crippen LogP contribution in [0.5, 0.6) is 0 Å². The Balaban J connectivity index is 2.00. The molecule has 0 aliphatic rings. The van der Waals surface area contributed by atoms with Crippen molar-refractivity contribution in [3.63, 3.8) is 0 Å². The zero-order chi connectivity index (χ0) is 16.2. The molecular formula is C17H21NO3S. The van der Waals surface area contributed by atoms with Crippen molar-refractivity contribution in [3.8, 4) is 0 Å². The van der Waals surface area contributed by atoms with Crippen LogP contribution in [0.4, 0.5) is 0 Å². The highest BCUT2D eigenvalue weighted by molar-refractivity contribution is 7.89. The summed E-state index contributed by atoms with van der Waals surface area (Å²) in [6.45, 7) is 3.82. The number of rotatable bonds is 6. The maximum absolute atomic E-state index is 12.3. The average molecular weight is 319 g/mol. The molecule has 2 aromatic rings. The van der Waals surface area contributed by atoms with Gasteiger partial charge in [-0.3, -0.25) is 0 Å². The van der Waals surface area contributed by atoms with E-state index in [1.165, 1.54) is 0 Å². The highest BCUT2D eigenvalue weighted by Gasteiger charge is 2.17. The smallest absolute Gasteiger partial charge is 0.240 e. The molecule has 1 atom stereocenters. The number of aliphatic hydroxyl groups excluding tert-OH is 1. The van der Waals surface area contributed by atoms with E-state index in [2.05, 4.69) is 4.72 Å². The number of nitrogens with one attached hydrogen (secondary N) is 1. The van der Waals surface area contributed by atoms with Crippen molar-refractivity contribution in [3.05, 3.63) is 65.2 Å². The average Bonchev–Trinajstić information content (AvgIpc) is 2.50. The molecule has 0 aliphatic carbocycles. The number of benzene rings is 2. The molecule has 0 aliphatic heterocycles. The Kier molecular flexibility index (Phi) is 5.34. The zero-order valence-corrected chi connectivity index (χ0v) is 13.6. The minimum absolute atomic E-state index is 0.186. The number of aliphatic hydroxyl groups is 1. The van der Waals surface area contributed by atoms with Crippen LogP contribution in [0.3, 0.4) is 0 Å². The molecule has 4 nitrogen and oxygen atoms in total. The van der Waals surface area contributed by atoms with Gasteiger partial charge >= 0.3 is 0 Å². The molecule has 2 rings (SSSR count). The van der Waals surface area contributed by atoms with E-state index >= 15 is 0 Å². The van der Waals surface area contributed by atoms with Gasteiger partial charge in [0.1, 0.15) is 0 Å². The molecule has 2 aromatic carbocycles. The van der Waals surface area contributed by atoms with Crippen LogP contribution in [-0.2, 0) is 10.0 Å². The highest BCUT2D eigenvalue weighted by Crippen LogP contribution is 2.18. The van der Waals surface area contributed by atoms with Crippen LogP contribution in [0.1, 0.15) is 29.2 Å². The largest absolute Gasteiger partial charge is 0.388 e. The molecule has 0 fully saturated rings. The molecule has 0 saturated heterocycles. The topological polar surface area (TPSA) is 66.4 Å². The van der Waals surface area contributed by atoms with E-state index in [0.717, 1.165) is 11.1 Å². The van der Waals surface area contributed by atoms with Crippen LogP contribution >= 0.6 is 0 Å². The summed E-state index contributed by atoms with van der Waals surface area (Å²) in [4.78, 5) is 0.293. The van der Waals surface area contributed by atoms with Gasteiger partial charge < -0.3 is 5.11 Å². The summed E-state index contributed by atoms with van der Waals surface area (Å²) in [5.41, 5.74) is 2.39. The van der Waals surface area contributed by atoms with E-state index in [9.17, 15) is 13.5 Å². The predicted molar refractivity (Wildman–Crippen MR) is 87.1 cm³/mol. The molecular weight excluding hydrogens is 298 g/mol. The van der Waals surface area contributed by atoms with E-state index in [1.54, 1.807) is 19.1 Å². The van der Waals surface area contributed by atoms with Gasteiger partial charge in [0.05, 0.1) is 11.0 Å². The Labute approximate surface area is 131 Å². The number of hydrogen-bond donors (Lipinski definition) is 2. The molecule has 0 saturated carbocycles. The molecule has 0 bridgehead atoms. The third kappa shape index (κ3) is 4.16. The van der Waals surface area contributed by atoms with Crippen LogP contribution in [0.25, 0.3) is 0 Å². The predicted octanol–water partition coefficient (Wildman–Crippen LogP) is 2.71. The van der Waals surface area contributed by atoms with Gasteiger partial charge in [0.25, 0.3) is 0 Å². The SMILES string of the molecule is Cc1ccc(C)c(S(=O)(=O)NCCC(O)c2ccccc2)c1. The van der Waals surface area contributed by atoms with Gasteiger partial charge in [-0.05, 0) is 43.0 Å². The van der Waals surface area contributed by atoms with Crippen molar-refractivity contribution in [2.75, 3.05) is 6.54 Å². The summed E-state index contributed by atoms with van der Waals surface area (Å²) in [5.74, 6) is 0. The van der Waals surface area contributed by atoms with Crippen molar-refractivity contribution >= 4 is 10.0 Å². The van der Waals surface area contributed by atoms with Crippen molar-refractivity contribution in [2.45, 2.75) is 31.3 Å². The van der Waals surface area contributed by atoms with E-state index in [1.807, 2.05) is 43.3 Å². The monoisotopic (exact) mass is 319 g/mol. The molecule has 0 spiro atoms. The fourth-order valence-corrected chi connectivity index (χ4v) is 3.62. The molecule has 0 heterocycles. The Morgan fingerprint density at radius 3 is 2.45 bits per heavy atom. The fraction of sp³-hybridized carbons (Fsp3) is 0.294. The minimum atomic E-state index is -3.55. The lowest BCUT2D eigenvalue weighted by Crippen LogP contribution is -2.26. The van der Waals surface area contributed by atoms with E-state index in [0.29, 0.717) is 16.9 Å². The molecule has 0 amide bonds. The third-order valence-corrected chi connectivity index (χ3v) is 5.13. The second-order valence-electron chi connectivity index (χ2n) is 5.38. The quantitative estimate of drug-likeness (QED) is 0.860. The second kappa shape index (κ2) is 7.05. The van der Waals surface area contributed by atoms with Gasteiger partial charge in [0.15, 0.2) is 0 Å². The molecule has 1 unspecified atom stereocenters. The van der Waals surface area contributed by atoms with Gasteiger partial charge in [0, 0.05) is 6.54 Å². The Bertz CT molecular complexity index is 727. The minimum Gasteiger partial charge on any atom is -0.388 e. The lowest BCUT2D eigenvalue weighted by molar-refractivity contribution is 0.169. The Hall–Kier alpha value is -1.69. The van der Waals surface area contributed by atoms with Crippen LogP contribution in [0.15, 0.2) is 53.4 Å². The normalized spacial score (nSPS) is 13.0. The van der Waals surface area contributed by atoms with E-state index in [4.69, 9.17) is 0 Å². The Morgan fingerprint density at radius 2 is 1.77 bits per heavy atom. The van der Waals surface area contributed by atoms with E-state index in [-0.39, 0.29) is 6.54 Å². The summed E-state index contributed by atoms with van der Waals surface area (Å²) in [5, 5.41) is 10.1. The first kappa shape index (κ1) is 16.7. The summed E-state index contributed by atoms with van der Waals surface area (Å²) < 4.78 is 27.2. The van der Waals surface area contributed by atoms with Gasteiger partial charge in [-0.1, -0.05) is 42.5 Å². The first-order valence-corrected chi connectivity index (χ1v) is 8.68. The standard InChI is InChI=1S/C17H21NO3S/c1-13-8-9-14(2)17(12-13)22(20,21)18-11-10-16(19)15-6-4-3-5-7-15/h3-9,12,16,18-19H,10-11H2,1-2H3. The van der Waals surface area contributed by atoms with Gasteiger partial charge in [-0.2, -0.15) is 0 Å². The summed E-state index contributed by atoms with van der Waals surface area (Å²) in [6.07, 6.45) is -0.351. The summed E-state index contributed by atoms with van der Waals surface area (Å²) in [6, 6.07) is 14.5. The maximum Gasteiger partial charge on any atom is 0.240 e. The fourth-order valence-electron chi connectivity index (χ4n) is 2.25. The third-order valence-electron chi connectivity index (χ3n) is 3.53. The number of hydrogen-bond acceptors (Lipinski definition) is 3. The van der Waals surface area contributed by atoms with Crippen molar-refractivity contribution < 1.29 is 13.5 Å². The molecule has 118 valence electrons. The lowest BCUT2D eigenvalue weighted by Gasteiger charge is -2.13. The molecule has 5 heteroatoms. The van der Waals surface area contributed by atoms with Gasteiger partial charge in [-0.15, -0.1) is 0 Å². The first-order chi connectivity index (χ1) is 10.4. The van der Waals surface area contributed by atoms with Crippen LogP contribution in [0.2, 0.25) is 0 Å². The number of sulfonamides is 1. The highest BCUT2D eigenvalue weighted by atomic mass is 32.2. The number of aryl methyl sites for hydroxylation is 2. The van der Waals surface area contributed by atoms with Crippen molar-refractivity contribution in [2.24, 2.45) is 0 Å². The Morgan fingerprint density at radius 1 is 1.09 bits per heavy atom. The summed E-state index contributed by atoms with van der Waals surface area (Å²) >= 11 is 0. The van der Waals surface area contributed by atoms with Gasteiger partial charge in [0.2, 0.25) is 10.0 Å². The van der Waals surface area contributed by atoms with Crippen molar-refractivity contribution in [1.29, 1.82) is 0 Å². The molecule has 0 radical (unpaired) electrons. The molecule has 22 heavy (non-hydrogen) atoms. The maximum atomic E-state index is 12.3. The first-order valence-electron chi connectivity index (χ1n) is 7.20. The van der Waals surface area contributed by atoms with Crippen molar-refractivity contribution in [1.82, 2.24) is 4.72 Å². The van der Waals surface area contributed by atoms with Crippen LogP contribution in [0, 0.1) is 13.8 Å². The zero-order valence-electron chi connectivity index (χ0n) is 12.8. The van der Waals surface area contributed by atoms with Crippen LogP contribution in [-0.4, -0.2) is 20.1 Å². The van der Waals surface area contributed by atoms with E-state index < -0.39 is 16.1 Å². The lowest BCUT2D eigenvalue weighted by atomic mass is 10.1. The van der Waals surface area contributed by atoms with Gasteiger partial charge in [-0.25, -0.2) is 13.1 Å². The van der Waals surface area contributed by atoms with Crippen LogP contribution < -0.4 is 4.72 Å².